The van der Waals surface area contributed by atoms with Gasteiger partial charge in [0, 0.05) is 24.3 Å². The lowest BCUT2D eigenvalue weighted by molar-refractivity contribution is -0.114. The highest BCUT2D eigenvalue weighted by atomic mass is 16.1. The molecule has 1 amide bonds. The Morgan fingerprint density at radius 1 is 1.35 bits per heavy atom. The second-order valence-electron chi connectivity index (χ2n) is 5.28. The standard InChI is InChI=1S/C14H20N2O/c1-10(14(3)7-8-14)15-12-5-4-6-13(9-12)16-11(2)17/h4-6,9-10,15H,7-8H2,1-3H3,(H,16,17). The zero-order chi connectivity index (χ0) is 12.5. The molecule has 2 N–H and O–H groups in total. The summed E-state index contributed by atoms with van der Waals surface area (Å²) in [6, 6.07) is 8.33. The molecule has 1 aromatic rings. The van der Waals surface area contributed by atoms with Gasteiger partial charge in [-0.1, -0.05) is 13.0 Å². The molecule has 1 fully saturated rings. The zero-order valence-electron chi connectivity index (χ0n) is 10.7. The molecular weight excluding hydrogens is 212 g/mol. The Bertz CT molecular complexity index is 424. The van der Waals surface area contributed by atoms with E-state index in [1.54, 1.807) is 0 Å². The van der Waals surface area contributed by atoms with Gasteiger partial charge in [-0.25, -0.2) is 0 Å². The van der Waals surface area contributed by atoms with Gasteiger partial charge in [0.05, 0.1) is 0 Å². The van der Waals surface area contributed by atoms with Crippen molar-refractivity contribution < 1.29 is 4.79 Å². The summed E-state index contributed by atoms with van der Waals surface area (Å²) in [6.07, 6.45) is 2.60. The summed E-state index contributed by atoms with van der Waals surface area (Å²) >= 11 is 0. The number of anilines is 2. The first-order chi connectivity index (χ1) is 7.99. The van der Waals surface area contributed by atoms with Gasteiger partial charge >= 0.3 is 0 Å². The summed E-state index contributed by atoms with van der Waals surface area (Å²) in [5.74, 6) is -0.0376. The molecule has 3 heteroatoms. The molecule has 0 heterocycles. The molecule has 92 valence electrons. The van der Waals surface area contributed by atoms with Crippen molar-refractivity contribution in [1.29, 1.82) is 0 Å². The van der Waals surface area contributed by atoms with Crippen molar-refractivity contribution in [2.24, 2.45) is 5.41 Å². The maximum absolute atomic E-state index is 11.0. The normalized spacial score (nSPS) is 18.3. The molecule has 1 atom stereocenters. The second kappa shape index (κ2) is 4.40. The second-order valence-corrected chi connectivity index (χ2v) is 5.28. The highest BCUT2D eigenvalue weighted by Gasteiger charge is 2.42. The van der Waals surface area contributed by atoms with Gasteiger partial charge in [0.25, 0.3) is 0 Å². The van der Waals surface area contributed by atoms with Gasteiger partial charge in [-0.05, 0) is 43.4 Å². The lowest BCUT2D eigenvalue weighted by Gasteiger charge is -2.22. The van der Waals surface area contributed by atoms with Crippen LogP contribution in [0.4, 0.5) is 11.4 Å². The van der Waals surface area contributed by atoms with Crippen LogP contribution in [0.25, 0.3) is 0 Å². The lowest BCUT2D eigenvalue weighted by Crippen LogP contribution is -2.24. The largest absolute Gasteiger partial charge is 0.382 e. The Balaban J connectivity index is 2.03. The quantitative estimate of drug-likeness (QED) is 0.836. The van der Waals surface area contributed by atoms with Crippen LogP contribution in [-0.2, 0) is 4.79 Å². The van der Waals surface area contributed by atoms with E-state index < -0.39 is 0 Å². The molecule has 0 spiro atoms. The number of carbonyl (C=O) groups is 1. The molecule has 0 aliphatic heterocycles. The van der Waals surface area contributed by atoms with Gasteiger partial charge in [-0.15, -0.1) is 0 Å². The summed E-state index contributed by atoms with van der Waals surface area (Å²) in [5.41, 5.74) is 2.36. The molecule has 1 aliphatic rings. The minimum absolute atomic E-state index is 0.0376. The van der Waals surface area contributed by atoms with Crippen LogP contribution in [0.5, 0.6) is 0 Å². The smallest absolute Gasteiger partial charge is 0.221 e. The van der Waals surface area contributed by atoms with Crippen LogP contribution >= 0.6 is 0 Å². The number of hydrogen-bond acceptors (Lipinski definition) is 2. The minimum Gasteiger partial charge on any atom is -0.382 e. The zero-order valence-corrected chi connectivity index (χ0v) is 10.7. The first-order valence-electron chi connectivity index (χ1n) is 6.14. The number of nitrogens with one attached hydrogen (secondary N) is 2. The van der Waals surface area contributed by atoms with Crippen molar-refractivity contribution in [3.63, 3.8) is 0 Å². The molecular formula is C14H20N2O. The van der Waals surface area contributed by atoms with Crippen LogP contribution in [-0.4, -0.2) is 11.9 Å². The number of benzene rings is 1. The van der Waals surface area contributed by atoms with Crippen LogP contribution < -0.4 is 10.6 Å². The molecule has 1 aliphatic carbocycles. The van der Waals surface area contributed by atoms with E-state index in [4.69, 9.17) is 0 Å². The van der Waals surface area contributed by atoms with Gasteiger partial charge in [0.1, 0.15) is 0 Å². The van der Waals surface area contributed by atoms with E-state index in [9.17, 15) is 4.79 Å². The van der Waals surface area contributed by atoms with E-state index in [0.29, 0.717) is 11.5 Å². The van der Waals surface area contributed by atoms with Gasteiger partial charge in [0.15, 0.2) is 0 Å². The van der Waals surface area contributed by atoms with Crippen LogP contribution in [0.2, 0.25) is 0 Å². The predicted molar refractivity (Wildman–Crippen MR) is 71.2 cm³/mol. The fourth-order valence-electron chi connectivity index (χ4n) is 1.94. The SMILES string of the molecule is CC(=O)Nc1cccc(NC(C)C2(C)CC2)c1. The maximum Gasteiger partial charge on any atom is 0.221 e. The van der Waals surface area contributed by atoms with Crippen LogP contribution in [0, 0.1) is 5.41 Å². The molecule has 3 nitrogen and oxygen atoms in total. The van der Waals surface area contributed by atoms with E-state index in [-0.39, 0.29) is 5.91 Å². The van der Waals surface area contributed by atoms with Crippen LogP contribution in [0.1, 0.15) is 33.6 Å². The fourth-order valence-corrected chi connectivity index (χ4v) is 1.94. The molecule has 17 heavy (non-hydrogen) atoms. The Labute approximate surface area is 103 Å². The van der Waals surface area contributed by atoms with Gasteiger partial charge in [0.2, 0.25) is 5.91 Å². The molecule has 1 saturated carbocycles. The van der Waals surface area contributed by atoms with E-state index in [1.807, 2.05) is 24.3 Å². The third-order valence-corrected chi connectivity index (χ3v) is 3.65. The van der Waals surface area contributed by atoms with Crippen molar-refractivity contribution in [3.8, 4) is 0 Å². The van der Waals surface area contributed by atoms with E-state index in [0.717, 1.165) is 11.4 Å². The predicted octanol–water partition coefficient (Wildman–Crippen LogP) is 3.25. The van der Waals surface area contributed by atoms with Crippen molar-refractivity contribution >= 4 is 17.3 Å². The van der Waals surface area contributed by atoms with Gasteiger partial charge in [-0.3, -0.25) is 4.79 Å². The summed E-state index contributed by atoms with van der Waals surface area (Å²) in [7, 11) is 0. The first-order valence-corrected chi connectivity index (χ1v) is 6.14. The summed E-state index contributed by atoms with van der Waals surface area (Å²) < 4.78 is 0. The summed E-state index contributed by atoms with van der Waals surface area (Å²) in [5, 5.41) is 6.30. The third-order valence-electron chi connectivity index (χ3n) is 3.65. The Morgan fingerprint density at radius 3 is 2.59 bits per heavy atom. The Hall–Kier alpha value is -1.51. The average molecular weight is 232 g/mol. The van der Waals surface area contributed by atoms with E-state index >= 15 is 0 Å². The van der Waals surface area contributed by atoms with Crippen LogP contribution in [0.3, 0.4) is 0 Å². The molecule has 1 unspecified atom stereocenters. The number of rotatable bonds is 4. The fraction of sp³-hybridized carbons (Fsp3) is 0.500. The third kappa shape index (κ3) is 2.99. The molecule has 0 radical (unpaired) electrons. The molecule has 2 rings (SSSR count). The van der Waals surface area contributed by atoms with E-state index in [1.165, 1.54) is 19.8 Å². The lowest BCUT2D eigenvalue weighted by atomic mass is 10.0. The topological polar surface area (TPSA) is 41.1 Å². The van der Waals surface area contributed by atoms with Crippen molar-refractivity contribution in [1.82, 2.24) is 0 Å². The van der Waals surface area contributed by atoms with Crippen molar-refractivity contribution in [2.75, 3.05) is 10.6 Å². The number of hydrogen-bond donors (Lipinski definition) is 2. The maximum atomic E-state index is 11.0. The number of carbonyl (C=O) groups excluding carboxylic acids is 1. The van der Waals surface area contributed by atoms with E-state index in [2.05, 4.69) is 24.5 Å². The molecule has 0 bridgehead atoms. The molecule has 1 aromatic carbocycles. The highest BCUT2D eigenvalue weighted by molar-refractivity contribution is 5.89. The minimum atomic E-state index is -0.0376. The van der Waals surface area contributed by atoms with Crippen molar-refractivity contribution in [2.45, 2.75) is 39.7 Å². The van der Waals surface area contributed by atoms with Crippen molar-refractivity contribution in [3.05, 3.63) is 24.3 Å². The number of amides is 1. The summed E-state index contributed by atoms with van der Waals surface area (Å²) in [6.45, 7) is 6.05. The molecule has 0 aromatic heterocycles. The Morgan fingerprint density at radius 2 is 2.00 bits per heavy atom. The van der Waals surface area contributed by atoms with Gasteiger partial charge < -0.3 is 10.6 Å². The monoisotopic (exact) mass is 232 g/mol. The highest BCUT2D eigenvalue weighted by Crippen LogP contribution is 2.48. The molecule has 0 saturated heterocycles. The Kier molecular flexibility index (Phi) is 3.09. The van der Waals surface area contributed by atoms with Gasteiger partial charge in [-0.2, -0.15) is 0 Å². The average Bonchev–Trinajstić information content (AvgIpc) is 2.97. The first kappa shape index (κ1) is 12.0. The van der Waals surface area contributed by atoms with Crippen LogP contribution in [0.15, 0.2) is 24.3 Å². The summed E-state index contributed by atoms with van der Waals surface area (Å²) in [4.78, 5) is 11.0.